The molecule has 2 atom stereocenters. The smallest absolute Gasteiger partial charge is 0.270 e. The zero-order valence-electron chi connectivity index (χ0n) is 14.4. The van der Waals surface area contributed by atoms with Crippen LogP contribution in [0.4, 0.5) is 8.78 Å². The van der Waals surface area contributed by atoms with E-state index in [0.717, 1.165) is 17.0 Å². The van der Waals surface area contributed by atoms with Gasteiger partial charge in [-0.15, -0.1) is 0 Å². The van der Waals surface area contributed by atoms with Crippen molar-refractivity contribution in [2.45, 2.75) is 12.5 Å². The van der Waals surface area contributed by atoms with E-state index >= 15 is 0 Å². The zero-order chi connectivity index (χ0) is 19.7. The van der Waals surface area contributed by atoms with Crippen LogP contribution in [0.2, 0.25) is 0 Å². The highest BCUT2D eigenvalue weighted by atomic mass is 19.1. The molecule has 3 rings (SSSR count). The number of benzene rings is 1. The second kappa shape index (κ2) is 7.15. The van der Waals surface area contributed by atoms with Crippen LogP contribution in [0.5, 0.6) is 0 Å². The summed E-state index contributed by atoms with van der Waals surface area (Å²) in [6.45, 7) is -0.172. The number of aldehydes is 1. The van der Waals surface area contributed by atoms with E-state index in [4.69, 9.17) is 5.26 Å². The number of H-pyrrole nitrogens is 1. The van der Waals surface area contributed by atoms with Crippen molar-refractivity contribution in [3.63, 3.8) is 0 Å². The number of likely N-dealkylation sites (N-methyl/N-ethyl adjacent to an activating group) is 1. The van der Waals surface area contributed by atoms with Crippen molar-refractivity contribution in [2.75, 3.05) is 20.1 Å². The summed E-state index contributed by atoms with van der Waals surface area (Å²) in [6.07, 6.45) is 0.987. The van der Waals surface area contributed by atoms with E-state index in [1.807, 2.05) is 6.07 Å². The number of hydrogen-bond acceptors (Lipinski definition) is 4. The Bertz CT molecular complexity index is 965. The predicted octanol–water partition coefficient (Wildman–Crippen LogP) is 1.46. The molecule has 2 heterocycles. The molecule has 0 bridgehead atoms. The van der Waals surface area contributed by atoms with Gasteiger partial charge >= 0.3 is 0 Å². The number of aromatic amines is 1. The highest BCUT2D eigenvalue weighted by Crippen LogP contribution is 2.23. The number of rotatable bonds is 4. The molecule has 1 aromatic heterocycles. The molecule has 9 heteroatoms. The maximum atomic E-state index is 13.8. The fourth-order valence-corrected chi connectivity index (χ4v) is 3.21. The number of fused-ring (bicyclic) bond motifs is 1. The van der Waals surface area contributed by atoms with Crippen LogP contribution in [0, 0.1) is 28.9 Å². The second-order valence-corrected chi connectivity index (χ2v) is 6.52. The van der Waals surface area contributed by atoms with Crippen LogP contribution in [0.25, 0.3) is 10.9 Å². The summed E-state index contributed by atoms with van der Waals surface area (Å²) in [4.78, 5) is 40.9. The molecule has 7 nitrogen and oxygen atoms in total. The summed E-state index contributed by atoms with van der Waals surface area (Å²) in [7, 11) is 1.39. The standard InChI is InChI=1S/C18H16F2N4O3/c1-23(8-17(26)24-7-10(9-25)2-12(24)6-21)18(27)16-5-13-14(20)3-11(19)4-15(13)22-16/h3-5,9-10,12,22H,2,7-8H2,1H3. The molecule has 1 aliphatic heterocycles. The summed E-state index contributed by atoms with van der Waals surface area (Å²) in [5.41, 5.74) is 0.141. The van der Waals surface area contributed by atoms with Crippen LogP contribution in [0.1, 0.15) is 16.9 Å². The van der Waals surface area contributed by atoms with Crippen molar-refractivity contribution < 1.29 is 23.2 Å². The average Bonchev–Trinajstić information content (AvgIpc) is 3.24. The Hall–Kier alpha value is -3.28. The molecule has 140 valence electrons. The second-order valence-electron chi connectivity index (χ2n) is 6.52. The van der Waals surface area contributed by atoms with Gasteiger partial charge < -0.3 is 19.6 Å². The Morgan fingerprint density at radius 2 is 2.15 bits per heavy atom. The summed E-state index contributed by atoms with van der Waals surface area (Å²) >= 11 is 0. The Morgan fingerprint density at radius 3 is 2.81 bits per heavy atom. The van der Waals surface area contributed by atoms with Gasteiger partial charge in [-0.25, -0.2) is 8.78 Å². The van der Waals surface area contributed by atoms with E-state index in [0.29, 0.717) is 6.29 Å². The molecule has 1 saturated heterocycles. The van der Waals surface area contributed by atoms with Crippen molar-refractivity contribution in [3.8, 4) is 6.07 Å². The molecule has 1 N–H and O–H groups in total. The Labute approximate surface area is 153 Å². The van der Waals surface area contributed by atoms with Crippen molar-refractivity contribution in [3.05, 3.63) is 35.5 Å². The molecule has 2 unspecified atom stereocenters. The van der Waals surface area contributed by atoms with Gasteiger partial charge in [0, 0.05) is 31.0 Å². The van der Waals surface area contributed by atoms with Crippen LogP contribution in [0.15, 0.2) is 18.2 Å². The Balaban J connectivity index is 1.74. The quantitative estimate of drug-likeness (QED) is 0.820. The van der Waals surface area contributed by atoms with Gasteiger partial charge in [-0.05, 0) is 18.6 Å². The van der Waals surface area contributed by atoms with Gasteiger partial charge in [-0.3, -0.25) is 9.59 Å². The zero-order valence-corrected chi connectivity index (χ0v) is 14.4. The molecule has 1 aromatic carbocycles. The molecule has 0 radical (unpaired) electrons. The lowest BCUT2D eigenvalue weighted by Gasteiger charge is -2.23. The third kappa shape index (κ3) is 3.51. The first-order valence-electron chi connectivity index (χ1n) is 8.21. The number of amides is 2. The largest absolute Gasteiger partial charge is 0.350 e. The van der Waals surface area contributed by atoms with Crippen LogP contribution in [-0.2, 0) is 9.59 Å². The SMILES string of the molecule is CN(CC(=O)N1CC(C=O)CC1C#N)C(=O)c1cc2c(F)cc(F)cc2[nH]1. The third-order valence-corrected chi connectivity index (χ3v) is 4.60. The summed E-state index contributed by atoms with van der Waals surface area (Å²) in [5, 5.41) is 9.20. The maximum Gasteiger partial charge on any atom is 0.270 e. The Morgan fingerprint density at radius 1 is 1.41 bits per heavy atom. The van der Waals surface area contributed by atoms with E-state index in [1.54, 1.807) is 0 Å². The number of nitriles is 1. The summed E-state index contributed by atoms with van der Waals surface area (Å²) in [5.74, 6) is -3.01. The topological polar surface area (TPSA) is 97.3 Å². The molecule has 27 heavy (non-hydrogen) atoms. The number of carbonyl (C=O) groups is 3. The minimum atomic E-state index is -0.798. The number of hydrogen-bond donors (Lipinski definition) is 1. The number of halogens is 2. The maximum absolute atomic E-state index is 13.8. The normalized spacial score (nSPS) is 19.1. The molecular weight excluding hydrogens is 358 g/mol. The lowest BCUT2D eigenvalue weighted by molar-refractivity contribution is -0.131. The minimum absolute atomic E-state index is 0.00817. The van der Waals surface area contributed by atoms with E-state index in [2.05, 4.69) is 4.98 Å². The molecular formula is C18H16F2N4O3. The van der Waals surface area contributed by atoms with E-state index in [1.165, 1.54) is 18.0 Å². The van der Waals surface area contributed by atoms with Crippen molar-refractivity contribution >= 4 is 29.0 Å². The fraction of sp³-hybridized carbons (Fsp3) is 0.333. The van der Waals surface area contributed by atoms with E-state index in [-0.39, 0.29) is 36.1 Å². The monoisotopic (exact) mass is 374 g/mol. The van der Waals surface area contributed by atoms with Crippen molar-refractivity contribution in [1.82, 2.24) is 14.8 Å². The number of nitrogens with zero attached hydrogens (tertiary/aromatic N) is 3. The lowest BCUT2D eigenvalue weighted by atomic mass is 10.1. The van der Waals surface area contributed by atoms with Gasteiger partial charge in [-0.2, -0.15) is 5.26 Å². The molecule has 0 saturated carbocycles. The van der Waals surface area contributed by atoms with Gasteiger partial charge in [0.25, 0.3) is 5.91 Å². The van der Waals surface area contributed by atoms with Crippen molar-refractivity contribution in [1.29, 1.82) is 5.26 Å². The number of nitrogens with one attached hydrogen (secondary N) is 1. The first kappa shape index (κ1) is 18.5. The Kier molecular flexibility index (Phi) is 4.90. The molecule has 2 amide bonds. The molecule has 0 aliphatic carbocycles. The molecule has 1 aliphatic rings. The first-order chi connectivity index (χ1) is 12.8. The van der Waals surface area contributed by atoms with Gasteiger partial charge in [0.1, 0.15) is 29.7 Å². The van der Waals surface area contributed by atoms with Crippen LogP contribution in [0.3, 0.4) is 0 Å². The minimum Gasteiger partial charge on any atom is -0.350 e. The van der Waals surface area contributed by atoms with Gasteiger partial charge in [0.05, 0.1) is 18.1 Å². The summed E-state index contributed by atoms with van der Waals surface area (Å²) in [6, 6.07) is 4.32. The van der Waals surface area contributed by atoms with Gasteiger partial charge in [0.2, 0.25) is 5.91 Å². The number of aromatic nitrogens is 1. The molecule has 1 fully saturated rings. The van der Waals surface area contributed by atoms with E-state index < -0.39 is 35.4 Å². The highest BCUT2D eigenvalue weighted by molar-refractivity contribution is 5.99. The van der Waals surface area contributed by atoms with Crippen LogP contribution >= 0.6 is 0 Å². The summed E-state index contributed by atoms with van der Waals surface area (Å²) < 4.78 is 27.1. The lowest BCUT2D eigenvalue weighted by Crippen LogP contribution is -2.43. The molecule has 2 aromatic rings. The molecule has 0 spiro atoms. The average molecular weight is 374 g/mol. The fourth-order valence-electron chi connectivity index (χ4n) is 3.21. The first-order valence-corrected chi connectivity index (χ1v) is 8.21. The number of likely N-dealkylation sites (tertiary alicyclic amines) is 1. The van der Waals surface area contributed by atoms with Crippen LogP contribution in [-0.4, -0.2) is 59.1 Å². The highest BCUT2D eigenvalue weighted by Gasteiger charge is 2.35. The van der Waals surface area contributed by atoms with Gasteiger partial charge in [-0.1, -0.05) is 0 Å². The third-order valence-electron chi connectivity index (χ3n) is 4.60. The number of carbonyl (C=O) groups excluding carboxylic acids is 3. The van der Waals surface area contributed by atoms with Crippen molar-refractivity contribution in [2.24, 2.45) is 5.92 Å². The van der Waals surface area contributed by atoms with E-state index in [9.17, 15) is 23.2 Å². The van der Waals surface area contributed by atoms with Gasteiger partial charge in [0.15, 0.2) is 0 Å². The van der Waals surface area contributed by atoms with Crippen LogP contribution < -0.4 is 0 Å². The predicted molar refractivity (Wildman–Crippen MR) is 90.5 cm³/mol.